The number of carbonyl (C=O) groups excluding carboxylic acids is 3. The molecule has 0 heterocycles. The summed E-state index contributed by atoms with van der Waals surface area (Å²) in [7, 11) is 0. The van der Waals surface area contributed by atoms with Crippen LogP contribution in [0, 0.1) is 0 Å². The maximum absolute atomic E-state index is 12.0. The molecule has 140 valence electrons. The lowest BCUT2D eigenvalue weighted by atomic mass is 10.1. The molecule has 0 aliphatic carbocycles. The quantitative estimate of drug-likeness (QED) is 0.429. The van der Waals surface area contributed by atoms with E-state index in [4.69, 9.17) is 34.8 Å². The lowest BCUT2D eigenvalue weighted by Gasteiger charge is -2.29. The van der Waals surface area contributed by atoms with Crippen molar-refractivity contribution >= 4 is 67.6 Å². The van der Waals surface area contributed by atoms with E-state index in [1.165, 1.54) is 0 Å². The van der Waals surface area contributed by atoms with Crippen LogP contribution >= 0.6 is 34.8 Å². The van der Waals surface area contributed by atoms with E-state index in [1.807, 2.05) is 0 Å². The van der Waals surface area contributed by atoms with Gasteiger partial charge in [-0.25, -0.2) is 0 Å². The third-order valence-corrected chi connectivity index (χ3v) is 4.68. The van der Waals surface area contributed by atoms with E-state index in [2.05, 4.69) is 0 Å². The lowest BCUT2D eigenvalue weighted by Crippen LogP contribution is -2.17. The molecule has 0 aliphatic heterocycles. The van der Waals surface area contributed by atoms with Gasteiger partial charge < -0.3 is 4.90 Å². The summed E-state index contributed by atoms with van der Waals surface area (Å²) in [5, 5.41) is -2.07. The molecular weight excluding hydrogens is 421 g/mol. The number of halogens is 3. The molecule has 0 amide bonds. The second-order valence-electron chi connectivity index (χ2n) is 5.71. The van der Waals surface area contributed by atoms with Crippen molar-refractivity contribution in [2.75, 3.05) is 4.90 Å². The number of para-hydroxylation sites is 3. The molecule has 4 nitrogen and oxygen atoms in total. The predicted octanol–water partition coefficient (Wildman–Crippen LogP) is 6.29. The Morgan fingerprint density at radius 1 is 0.500 bits per heavy atom. The van der Waals surface area contributed by atoms with Crippen LogP contribution in [0.4, 0.5) is 17.1 Å². The number of carbonyl (C=O) groups is 3. The van der Waals surface area contributed by atoms with Gasteiger partial charge in [0.15, 0.2) is 0 Å². The highest BCUT2D eigenvalue weighted by atomic mass is 35.5. The Bertz CT molecular complexity index is 945. The highest BCUT2D eigenvalue weighted by Gasteiger charge is 2.25. The zero-order valence-electron chi connectivity index (χ0n) is 14.2. The van der Waals surface area contributed by atoms with Gasteiger partial charge in [0, 0.05) is 0 Å². The van der Waals surface area contributed by atoms with Crippen molar-refractivity contribution in [2.24, 2.45) is 0 Å². The van der Waals surface area contributed by atoms with E-state index >= 15 is 0 Å². The Labute approximate surface area is 176 Å². The van der Waals surface area contributed by atoms with Crippen LogP contribution in [0.25, 0.3) is 0 Å². The Kier molecular flexibility index (Phi) is 6.15. The molecule has 0 radical (unpaired) electrons. The fraction of sp³-hybridized carbons (Fsp3) is 0. The molecule has 0 atom stereocenters. The van der Waals surface area contributed by atoms with Crippen LogP contribution in [-0.4, -0.2) is 15.7 Å². The molecule has 3 rings (SSSR count). The van der Waals surface area contributed by atoms with Crippen molar-refractivity contribution in [3.05, 3.63) is 89.5 Å². The molecule has 3 aromatic rings. The van der Waals surface area contributed by atoms with Crippen molar-refractivity contribution in [1.29, 1.82) is 0 Å². The van der Waals surface area contributed by atoms with Crippen LogP contribution in [0.15, 0.2) is 72.8 Å². The highest BCUT2D eigenvalue weighted by Crippen LogP contribution is 2.41. The minimum Gasteiger partial charge on any atom is -0.308 e. The third-order valence-electron chi connectivity index (χ3n) is 4.07. The van der Waals surface area contributed by atoms with Gasteiger partial charge in [0.05, 0.1) is 33.8 Å². The summed E-state index contributed by atoms with van der Waals surface area (Å²) >= 11 is 17.3. The van der Waals surface area contributed by atoms with Crippen molar-refractivity contribution < 1.29 is 14.4 Å². The van der Waals surface area contributed by atoms with E-state index in [0.717, 1.165) is 0 Å². The molecule has 3 aromatic carbocycles. The largest absolute Gasteiger partial charge is 0.308 e. The van der Waals surface area contributed by atoms with Gasteiger partial charge in [-0.05, 0) is 71.2 Å². The van der Waals surface area contributed by atoms with Gasteiger partial charge in [-0.15, -0.1) is 0 Å². The Hall–Kier alpha value is -2.66. The summed E-state index contributed by atoms with van der Waals surface area (Å²) in [6.45, 7) is 0. The van der Waals surface area contributed by atoms with Crippen LogP contribution in [0.5, 0.6) is 0 Å². The minimum absolute atomic E-state index is 0.192. The molecule has 0 spiro atoms. The molecule has 0 unspecified atom stereocenters. The number of hydrogen-bond donors (Lipinski definition) is 0. The first-order valence-corrected chi connectivity index (χ1v) is 9.22. The normalized spacial score (nSPS) is 10.4. The Morgan fingerprint density at radius 2 is 0.750 bits per heavy atom. The van der Waals surface area contributed by atoms with Gasteiger partial charge >= 0.3 is 0 Å². The maximum atomic E-state index is 12.0. The summed E-state index contributed by atoms with van der Waals surface area (Å²) in [4.78, 5) is 37.6. The second-order valence-corrected chi connectivity index (χ2v) is 6.74. The lowest BCUT2D eigenvalue weighted by molar-refractivity contribution is 0.107. The molecule has 0 bridgehead atoms. The van der Waals surface area contributed by atoms with E-state index in [1.54, 1.807) is 77.7 Å². The van der Waals surface area contributed by atoms with Gasteiger partial charge in [-0.2, -0.15) is 0 Å². The molecule has 7 heteroatoms. The van der Waals surface area contributed by atoms with Gasteiger partial charge in [0.25, 0.3) is 15.7 Å². The van der Waals surface area contributed by atoms with Crippen molar-refractivity contribution in [3.63, 3.8) is 0 Å². The molecule has 0 aromatic heterocycles. The number of anilines is 3. The predicted molar refractivity (Wildman–Crippen MR) is 112 cm³/mol. The van der Waals surface area contributed by atoms with Gasteiger partial charge in [0.2, 0.25) is 0 Å². The highest BCUT2D eigenvalue weighted by molar-refractivity contribution is 6.69. The summed E-state index contributed by atoms with van der Waals surface area (Å²) in [6, 6.07) is 19.7. The zero-order valence-corrected chi connectivity index (χ0v) is 16.5. The van der Waals surface area contributed by atoms with Crippen LogP contribution in [0.2, 0.25) is 0 Å². The number of nitrogens with zero attached hydrogens (tertiary/aromatic N) is 1. The molecule has 0 N–H and O–H groups in total. The molecule has 0 aliphatic rings. The smallest absolute Gasteiger partial charge is 0.254 e. The Morgan fingerprint density at radius 3 is 1.00 bits per heavy atom. The zero-order chi connectivity index (χ0) is 20.3. The van der Waals surface area contributed by atoms with Crippen molar-refractivity contribution in [1.82, 2.24) is 0 Å². The van der Waals surface area contributed by atoms with Crippen LogP contribution < -0.4 is 4.90 Å². The standard InChI is InChI=1S/C21H12Cl3NO3/c22-19(26)13-7-1-4-10-16(13)25(17-11-5-2-8-14(17)20(23)27)18-12-6-3-9-15(18)21(24)28/h1-12H. The number of rotatable bonds is 6. The summed E-state index contributed by atoms with van der Waals surface area (Å²) in [5.74, 6) is 0. The minimum atomic E-state index is -0.690. The fourth-order valence-corrected chi connectivity index (χ4v) is 3.37. The second kappa shape index (κ2) is 8.57. The summed E-state index contributed by atoms with van der Waals surface area (Å²) < 4.78 is 0. The van der Waals surface area contributed by atoms with Crippen LogP contribution in [0.3, 0.4) is 0 Å². The van der Waals surface area contributed by atoms with E-state index in [-0.39, 0.29) is 16.7 Å². The first-order valence-electron chi connectivity index (χ1n) is 8.08. The fourth-order valence-electron chi connectivity index (χ4n) is 2.89. The first-order chi connectivity index (χ1) is 13.4. The number of benzene rings is 3. The molecule has 0 saturated carbocycles. The topological polar surface area (TPSA) is 54.5 Å². The van der Waals surface area contributed by atoms with Crippen LogP contribution in [-0.2, 0) is 0 Å². The molecule has 28 heavy (non-hydrogen) atoms. The molecule has 0 saturated heterocycles. The third kappa shape index (κ3) is 3.94. The summed E-state index contributed by atoms with van der Waals surface area (Å²) in [5.41, 5.74) is 1.70. The average Bonchev–Trinajstić information content (AvgIpc) is 2.69. The van der Waals surface area contributed by atoms with Crippen LogP contribution in [0.1, 0.15) is 31.1 Å². The van der Waals surface area contributed by atoms with Gasteiger partial charge in [-0.1, -0.05) is 36.4 Å². The van der Waals surface area contributed by atoms with Gasteiger partial charge in [0.1, 0.15) is 0 Å². The van der Waals surface area contributed by atoms with E-state index in [9.17, 15) is 14.4 Å². The van der Waals surface area contributed by atoms with Gasteiger partial charge in [-0.3, -0.25) is 14.4 Å². The van der Waals surface area contributed by atoms with E-state index < -0.39 is 15.7 Å². The monoisotopic (exact) mass is 431 g/mol. The maximum Gasteiger partial charge on any atom is 0.254 e. The van der Waals surface area contributed by atoms with E-state index in [0.29, 0.717) is 17.1 Å². The summed E-state index contributed by atoms with van der Waals surface area (Å²) in [6.07, 6.45) is 0. The van der Waals surface area contributed by atoms with Crippen molar-refractivity contribution in [3.8, 4) is 0 Å². The Balaban J connectivity index is 2.40. The average molecular weight is 433 g/mol. The SMILES string of the molecule is O=C(Cl)c1ccccc1N(c1ccccc1C(=O)Cl)c1ccccc1C(=O)Cl. The molecular formula is C21H12Cl3NO3. The molecule has 0 fully saturated rings. The van der Waals surface area contributed by atoms with Crippen molar-refractivity contribution in [2.45, 2.75) is 0 Å². The number of hydrogen-bond acceptors (Lipinski definition) is 4. The first kappa shape index (κ1) is 20.1.